The number of nitrogens with one attached hydrogen (secondary N) is 1. The van der Waals surface area contributed by atoms with Crippen molar-refractivity contribution in [1.29, 1.82) is 0 Å². The van der Waals surface area contributed by atoms with Gasteiger partial charge >= 0.3 is 0 Å². The number of rotatable bonds is 8. The molecule has 0 aliphatic carbocycles. The van der Waals surface area contributed by atoms with E-state index in [-0.39, 0.29) is 12.8 Å². The second-order valence-electron chi connectivity index (χ2n) is 9.43. The maximum atomic E-state index is 14.1. The van der Waals surface area contributed by atoms with Crippen LogP contribution in [-0.4, -0.2) is 23.7 Å². The fourth-order valence-corrected chi connectivity index (χ4v) is 4.49. The smallest absolute Gasteiger partial charge is 0.256 e. The van der Waals surface area contributed by atoms with E-state index in [0.717, 1.165) is 16.7 Å². The van der Waals surface area contributed by atoms with E-state index < -0.39 is 22.7 Å². The van der Waals surface area contributed by atoms with Gasteiger partial charge in [0, 0.05) is 17.7 Å². The van der Waals surface area contributed by atoms with Gasteiger partial charge in [-0.1, -0.05) is 50.2 Å². The van der Waals surface area contributed by atoms with Gasteiger partial charge in [-0.15, -0.1) is 0 Å². The van der Waals surface area contributed by atoms with Crippen LogP contribution in [0.5, 0.6) is 5.75 Å². The van der Waals surface area contributed by atoms with Gasteiger partial charge in [0.25, 0.3) is 5.91 Å². The summed E-state index contributed by atoms with van der Waals surface area (Å²) in [5.41, 5.74) is 1.57. The summed E-state index contributed by atoms with van der Waals surface area (Å²) in [5, 5.41) is 14.7. The van der Waals surface area contributed by atoms with E-state index >= 15 is 0 Å². The van der Waals surface area contributed by atoms with Gasteiger partial charge in [0.05, 0.1) is 7.11 Å². The summed E-state index contributed by atoms with van der Waals surface area (Å²) in [6.45, 7) is 7.67. The van der Waals surface area contributed by atoms with Crippen molar-refractivity contribution in [2.45, 2.75) is 51.6 Å². The van der Waals surface area contributed by atoms with Crippen molar-refractivity contribution < 1.29 is 19.0 Å². The standard InChI is InChI=1S/C28H32FNO3/c1-19-13-20(2)15-23(14-19)30-26(31)28(32,17-21-9-7-6-8-10-21)18-27(3,4)24-16-22(29)11-12-25(24)33-5/h6-16,32H,17-18H2,1-5H3,(H,30,31). The van der Waals surface area contributed by atoms with Crippen molar-refractivity contribution in [3.8, 4) is 5.75 Å². The SMILES string of the molecule is COc1ccc(F)cc1C(C)(C)CC(O)(Cc1ccccc1)C(=O)Nc1cc(C)cc(C)c1. The fraction of sp³-hybridized carbons (Fsp3) is 0.321. The van der Waals surface area contributed by atoms with Gasteiger partial charge in [0.15, 0.2) is 0 Å². The van der Waals surface area contributed by atoms with Gasteiger partial charge < -0.3 is 15.2 Å². The van der Waals surface area contributed by atoms with Crippen molar-refractivity contribution in [2.75, 3.05) is 12.4 Å². The largest absolute Gasteiger partial charge is 0.496 e. The molecule has 0 aliphatic rings. The molecule has 0 radical (unpaired) electrons. The highest BCUT2D eigenvalue weighted by Crippen LogP contribution is 2.39. The normalized spacial score (nSPS) is 13.3. The summed E-state index contributed by atoms with van der Waals surface area (Å²) in [5.74, 6) is -0.386. The summed E-state index contributed by atoms with van der Waals surface area (Å²) >= 11 is 0. The summed E-state index contributed by atoms with van der Waals surface area (Å²) in [4.78, 5) is 13.5. The maximum absolute atomic E-state index is 14.1. The number of methoxy groups -OCH3 is 1. The molecule has 1 unspecified atom stereocenters. The van der Waals surface area contributed by atoms with Crippen LogP contribution in [0.25, 0.3) is 0 Å². The molecular weight excluding hydrogens is 417 g/mol. The van der Waals surface area contributed by atoms with Crippen molar-refractivity contribution in [2.24, 2.45) is 0 Å². The Morgan fingerprint density at radius 3 is 2.24 bits per heavy atom. The molecule has 33 heavy (non-hydrogen) atoms. The monoisotopic (exact) mass is 449 g/mol. The minimum atomic E-state index is -1.75. The number of halogens is 1. The minimum Gasteiger partial charge on any atom is -0.496 e. The van der Waals surface area contributed by atoms with E-state index in [1.807, 2.05) is 76.2 Å². The molecular formula is C28H32FNO3. The number of ether oxygens (including phenoxy) is 1. The number of benzene rings is 3. The van der Waals surface area contributed by atoms with E-state index in [0.29, 0.717) is 17.0 Å². The first-order valence-corrected chi connectivity index (χ1v) is 11.0. The van der Waals surface area contributed by atoms with Crippen LogP contribution in [0, 0.1) is 19.7 Å². The molecule has 1 amide bonds. The molecule has 4 nitrogen and oxygen atoms in total. The Hall–Kier alpha value is -3.18. The molecule has 0 spiro atoms. The average Bonchev–Trinajstić information content (AvgIpc) is 2.73. The Balaban J connectivity index is 1.99. The highest BCUT2D eigenvalue weighted by Gasteiger charge is 2.43. The topological polar surface area (TPSA) is 58.6 Å². The van der Waals surface area contributed by atoms with Gasteiger partial charge in [-0.2, -0.15) is 0 Å². The molecule has 0 aliphatic heterocycles. The molecule has 0 fully saturated rings. The van der Waals surface area contributed by atoms with Crippen molar-refractivity contribution in [3.63, 3.8) is 0 Å². The Labute approximate surface area is 195 Å². The number of carbonyl (C=O) groups is 1. The molecule has 3 aromatic carbocycles. The summed E-state index contributed by atoms with van der Waals surface area (Å²) in [6, 6.07) is 19.5. The van der Waals surface area contributed by atoms with Gasteiger partial charge in [-0.25, -0.2) is 4.39 Å². The number of aryl methyl sites for hydroxylation is 2. The van der Waals surface area contributed by atoms with Crippen LogP contribution >= 0.6 is 0 Å². The first-order valence-electron chi connectivity index (χ1n) is 11.0. The summed E-state index contributed by atoms with van der Waals surface area (Å²) < 4.78 is 19.6. The molecule has 0 saturated carbocycles. The molecule has 3 rings (SSSR count). The molecule has 5 heteroatoms. The quantitative estimate of drug-likeness (QED) is 0.462. The highest BCUT2D eigenvalue weighted by atomic mass is 19.1. The number of hydrogen-bond donors (Lipinski definition) is 2. The lowest BCUT2D eigenvalue weighted by molar-refractivity contribution is -0.136. The van der Waals surface area contributed by atoms with Crippen LogP contribution in [0.1, 0.15) is 42.5 Å². The van der Waals surface area contributed by atoms with Crippen LogP contribution < -0.4 is 10.1 Å². The van der Waals surface area contributed by atoms with E-state index in [1.165, 1.54) is 19.2 Å². The predicted molar refractivity (Wildman–Crippen MR) is 130 cm³/mol. The third-order valence-electron chi connectivity index (χ3n) is 5.87. The van der Waals surface area contributed by atoms with Crippen LogP contribution in [0.3, 0.4) is 0 Å². The van der Waals surface area contributed by atoms with Gasteiger partial charge in [0.1, 0.15) is 17.2 Å². The molecule has 0 heterocycles. The predicted octanol–water partition coefficient (Wildman–Crippen LogP) is 5.73. The number of hydrogen-bond acceptors (Lipinski definition) is 3. The molecule has 0 aromatic heterocycles. The fourth-order valence-electron chi connectivity index (χ4n) is 4.49. The van der Waals surface area contributed by atoms with Gasteiger partial charge in [0.2, 0.25) is 0 Å². The number of anilines is 1. The van der Waals surface area contributed by atoms with Crippen molar-refractivity contribution in [3.05, 3.63) is 94.8 Å². The van der Waals surface area contributed by atoms with Crippen LogP contribution in [0.4, 0.5) is 10.1 Å². The maximum Gasteiger partial charge on any atom is 0.256 e. The second-order valence-corrected chi connectivity index (χ2v) is 9.43. The molecule has 0 saturated heterocycles. The first-order chi connectivity index (χ1) is 15.5. The summed E-state index contributed by atoms with van der Waals surface area (Å²) in [7, 11) is 1.52. The lowest BCUT2D eigenvalue weighted by atomic mass is 9.72. The zero-order valence-corrected chi connectivity index (χ0v) is 19.9. The minimum absolute atomic E-state index is 0.0609. The summed E-state index contributed by atoms with van der Waals surface area (Å²) in [6.07, 6.45) is 0.177. The van der Waals surface area contributed by atoms with E-state index in [4.69, 9.17) is 4.74 Å². The Morgan fingerprint density at radius 1 is 1.00 bits per heavy atom. The molecule has 3 aromatic rings. The Bertz CT molecular complexity index is 1110. The zero-order valence-electron chi connectivity index (χ0n) is 19.9. The average molecular weight is 450 g/mol. The molecule has 2 N–H and O–H groups in total. The third kappa shape index (κ3) is 5.99. The Morgan fingerprint density at radius 2 is 1.64 bits per heavy atom. The van der Waals surface area contributed by atoms with Crippen LogP contribution in [0.2, 0.25) is 0 Å². The van der Waals surface area contributed by atoms with E-state index in [2.05, 4.69) is 5.32 Å². The van der Waals surface area contributed by atoms with Gasteiger partial charge in [-0.3, -0.25) is 4.79 Å². The third-order valence-corrected chi connectivity index (χ3v) is 5.87. The Kier molecular flexibility index (Phi) is 7.23. The van der Waals surface area contributed by atoms with Crippen LogP contribution in [-0.2, 0) is 16.6 Å². The number of aliphatic hydroxyl groups is 1. The van der Waals surface area contributed by atoms with Crippen molar-refractivity contribution >= 4 is 11.6 Å². The lowest BCUT2D eigenvalue weighted by Crippen LogP contribution is -2.49. The van der Waals surface area contributed by atoms with Crippen LogP contribution in [0.15, 0.2) is 66.7 Å². The van der Waals surface area contributed by atoms with Gasteiger partial charge in [-0.05, 0) is 72.7 Å². The first kappa shape index (κ1) is 24.5. The number of amides is 1. The lowest BCUT2D eigenvalue weighted by Gasteiger charge is -2.36. The molecule has 174 valence electrons. The zero-order chi connectivity index (χ0) is 24.2. The van der Waals surface area contributed by atoms with Crippen molar-refractivity contribution in [1.82, 2.24) is 0 Å². The highest BCUT2D eigenvalue weighted by molar-refractivity contribution is 5.97. The molecule has 0 bridgehead atoms. The van der Waals surface area contributed by atoms with E-state index in [9.17, 15) is 14.3 Å². The molecule has 1 atom stereocenters. The number of carbonyl (C=O) groups excluding carboxylic acids is 1. The second kappa shape index (κ2) is 9.75. The van der Waals surface area contributed by atoms with E-state index in [1.54, 1.807) is 6.07 Å².